The van der Waals surface area contributed by atoms with E-state index in [0.717, 1.165) is 45.3 Å². The van der Waals surface area contributed by atoms with E-state index in [1.54, 1.807) is 0 Å². The molecule has 0 bridgehead atoms. The Hall–Kier alpha value is -1.06. The zero-order valence-corrected chi connectivity index (χ0v) is 13.5. The van der Waals surface area contributed by atoms with Crippen LogP contribution in [0.4, 0.5) is 0 Å². The molecule has 1 atom stereocenters. The zero-order chi connectivity index (χ0) is 14.0. The van der Waals surface area contributed by atoms with Crippen molar-refractivity contribution in [3.8, 4) is 0 Å². The van der Waals surface area contributed by atoms with Crippen LogP contribution in [0.5, 0.6) is 0 Å². The average Bonchev–Trinajstić information content (AvgIpc) is 2.52. The smallest absolute Gasteiger partial charge is 0.224 e. The number of carbonyl (C=O) groups is 1. The lowest BCUT2D eigenvalue weighted by Gasteiger charge is -2.21. The number of amides is 1. The molecule has 0 aliphatic carbocycles. The Bertz CT molecular complexity index is 391. The maximum Gasteiger partial charge on any atom is 0.224 e. The fraction of sp³-hybridized carbons (Fsp3) is 0.588. The fourth-order valence-corrected chi connectivity index (χ4v) is 2.71. The van der Waals surface area contributed by atoms with E-state index in [0.29, 0.717) is 0 Å². The molecule has 2 N–H and O–H groups in total. The number of rotatable bonds is 7. The number of halogens is 1. The van der Waals surface area contributed by atoms with E-state index in [1.165, 1.54) is 18.4 Å². The van der Waals surface area contributed by atoms with Gasteiger partial charge in [0.15, 0.2) is 0 Å². The molecule has 0 spiro atoms. The second kappa shape index (κ2) is 10.6. The molecule has 1 aromatic carbocycles. The molecule has 3 nitrogen and oxygen atoms in total. The van der Waals surface area contributed by atoms with Gasteiger partial charge in [0.25, 0.3) is 0 Å². The number of piperidine rings is 1. The minimum absolute atomic E-state index is 0. The maximum absolute atomic E-state index is 11.9. The summed E-state index contributed by atoms with van der Waals surface area (Å²) in [7, 11) is 0. The SMILES string of the molecule is Cl.O=C(NCCCCCc1ccccc1)C1CCCNC1. The third-order valence-electron chi connectivity index (χ3n) is 3.95. The van der Waals surface area contributed by atoms with Gasteiger partial charge in [0, 0.05) is 13.1 Å². The molecule has 118 valence electrons. The van der Waals surface area contributed by atoms with Crippen LogP contribution in [0.1, 0.15) is 37.7 Å². The standard InChI is InChI=1S/C17H26N2O.ClH/c20-17(16-11-7-12-18-14-16)19-13-6-2-5-10-15-8-3-1-4-9-15;/h1,3-4,8-9,16,18H,2,5-7,10-14H2,(H,19,20);1H. The van der Waals surface area contributed by atoms with Crippen LogP contribution in [0.15, 0.2) is 30.3 Å². The molecule has 1 heterocycles. The van der Waals surface area contributed by atoms with E-state index in [1.807, 2.05) is 0 Å². The van der Waals surface area contributed by atoms with Crippen molar-refractivity contribution in [3.05, 3.63) is 35.9 Å². The van der Waals surface area contributed by atoms with Gasteiger partial charge in [-0.2, -0.15) is 0 Å². The largest absolute Gasteiger partial charge is 0.356 e. The van der Waals surface area contributed by atoms with Crippen molar-refractivity contribution in [2.45, 2.75) is 38.5 Å². The van der Waals surface area contributed by atoms with Gasteiger partial charge in [-0.1, -0.05) is 36.8 Å². The first-order valence-electron chi connectivity index (χ1n) is 7.88. The van der Waals surface area contributed by atoms with Gasteiger partial charge in [0.2, 0.25) is 5.91 Å². The predicted molar refractivity (Wildman–Crippen MR) is 89.8 cm³/mol. The Morgan fingerprint density at radius 3 is 2.71 bits per heavy atom. The molecule has 2 rings (SSSR count). The number of unbranched alkanes of at least 4 members (excludes halogenated alkanes) is 2. The van der Waals surface area contributed by atoms with Crippen molar-refractivity contribution in [1.82, 2.24) is 10.6 Å². The Morgan fingerprint density at radius 2 is 2.00 bits per heavy atom. The molecule has 21 heavy (non-hydrogen) atoms. The van der Waals surface area contributed by atoms with Crippen LogP contribution in [0.25, 0.3) is 0 Å². The summed E-state index contributed by atoms with van der Waals surface area (Å²) in [6.45, 7) is 2.73. The number of benzene rings is 1. The molecule has 4 heteroatoms. The predicted octanol–water partition coefficient (Wildman–Crippen LogP) is 2.94. The molecule has 1 amide bonds. The lowest BCUT2D eigenvalue weighted by atomic mass is 9.99. The Kier molecular flexibility index (Phi) is 9.11. The summed E-state index contributed by atoms with van der Waals surface area (Å²) in [4.78, 5) is 11.9. The highest BCUT2D eigenvalue weighted by Crippen LogP contribution is 2.10. The number of hydrogen-bond donors (Lipinski definition) is 2. The van der Waals surface area contributed by atoms with Gasteiger partial charge in [-0.25, -0.2) is 0 Å². The molecule has 1 saturated heterocycles. The molecule has 1 aromatic rings. The average molecular weight is 311 g/mol. The van der Waals surface area contributed by atoms with Crippen molar-refractivity contribution in [3.63, 3.8) is 0 Å². The molecular weight excluding hydrogens is 284 g/mol. The quantitative estimate of drug-likeness (QED) is 0.760. The van der Waals surface area contributed by atoms with Crippen molar-refractivity contribution < 1.29 is 4.79 Å². The highest BCUT2D eigenvalue weighted by molar-refractivity contribution is 5.85. The summed E-state index contributed by atoms with van der Waals surface area (Å²) < 4.78 is 0. The van der Waals surface area contributed by atoms with Gasteiger partial charge in [0.05, 0.1) is 5.92 Å². The monoisotopic (exact) mass is 310 g/mol. The van der Waals surface area contributed by atoms with Crippen molar-refractivity contribution in [2.75, 3.05) is 19.6 Å². The topological polar surface area (TPSA) is 41.1 Å². The Balaban J connectivity index is 0.00000220. The van der Waals surface area contributed by atoms with Crippen LogP contribution in [0, 0.1) is 5.92 Å². The van der Waals surface area contributed by atoms with Crippen molar-refractivity contribution in [2.24, 2.45) is 5.92 Å². The van der Waals surface area contributed by atoms with Gasteiger partial charge in [-0.15, -0.1) is 12.4 Å². The minimum atomic E-state index is 0. The van der Waals surface area contributed by atoms with Crippen LogP contribution in [-0.2, 0) is 11.2 Å². The Labute approximate surface area is 134 Å². The highest BCUT2D eigenvalue weighted by Gasteiger charge is 2.19. The summed E-state index contributed by atoms with van der Waals surface area (Å²) in [5.74, 6) is 0.424. The maximum atomic E-state index is 11.9. The van der Waals surface area contributed by atoms with E-state index in [2.05, 4.69) is 41.0 Å². The fourth-order valence-electron chi connectivity index (χ4n) is 2.71. The normalized spacial score (nSPS) is 17.8. The molecule has 0 aromatic heterocycles. The van der Waals surface area contributed by atoms with Crippen molar-refractivity contribution in [1.29, 1.82) is 0 Å². The first kappa shape index (κ1) is 18.0. The first-order valence-corrected chi connectivity index (χ1v) is 7.88. The number of hydrogen-bond acceptors (Lipinski definition) is 2. The van der Waals surface area contributed by atoms with Gasteiger partial charge in [-0.05, 0) is 44.2 Å². The number of aryl methyl sites for hydroxylation is 1. The van der Waals surface area contributed by atoms with E-state index < -0.39 is 0 Å². The molecule has 1 fully saturated rings. The van der Waals surface area contributed by atoms with E-state index >= 15 is 0 Å². The van der Waals surface area contributed by atoms with Crippen LogP contribution < -0.4 is 10.6 Å². The van der Waals surface area contributed by atoms with Crippen LogP contribution in [0.2, 0.25) is 0 Å². The highest BCUT2D eigenvalue weighted by atomic mass is 35.5. The lowest BCUT2D eigenvalue weighted by molar-refractivity contribution is -0.125. The summed E-state index contributed by atoms with van der Waals surface area (Å²) in [5, 5.41) is 6.36. The summed E-state index contributed by atoms with van der Waals surface area (Å²) in [5.41, 5.74) is 1.41. The van der Waals surface area contributed by atoms with E-state index in [9.17, 15) is 4.79 Å². The van der Waals surface area contributed by atoms with E-state index in [4.69, 9.17) is 0 Å². The van der Waals surface area contributed by atoms with Gasteiger partial charge < -0.3 is 10.6 Å². The molecule has 1 unspecified atom stereocenters. The van der Waals surface area contributed by atoms with Crippen molar-refractivity contribution >= 4 is 18.3 Å². The Morgan fingerprint density at radius 1 is 1.19 bits per heavy atom. The molecule has 0 saturated carbocycles. The molecule has 0 radical (unpaired) electrons. The number of carbonyl (C=O) groups excluding carboxylic acids is 1. The first-order chi connectivity index (χ1) is 9.86. The van der Waals surface area contributed by atoms with Crippen LogP contribution >= 0.6 is 12.4 Å². The zero-order valence-electron chi connectivity index (χ0n) is 12.6. The lowest BCUT2D eigenvalue weighted by Crippen LogP contribution is -2.40. The summed E-state index contributed by atoms with van der Waals surface area (Å²) >= 11 is 0. The van der Waals surface area contributed by atoms with E-state index in [-0.39, 0.29) is 24.2 Å². The third-order valence-corrected chi connectivity index (χ3v) is 3.95. The molecule has 1 aliphatic heterocycles. The second-order valence-corrected chi connectivity index (χ2v) is 5.63. The summed E-state index contributed by atoms with van der Waals surface area (Å²) in [6, 6.07) is 10.6. The minimum Gasteiger partial charge on any atom is -0.356 e. The third kappa shape index (κ3) is 6.96. The number of nitrogens with one attached hydrogen (secondary N) is 2. The second-order valence-electron chi connectivity index (χ2n) is 5.63. The van der Waals surface area contributed by atoms with Gasteiger partial charge in [0.1, 0.15) is 0 Å². The van der Waals surface area contributed by atoms with Crippen LogP contribution in [-0.4, -0.2) is 25.5 Å². The van der Waals surface area contributed by atoms with Gasteiger partial charge in [-0.3, -0.25) is 4.79 Å². The molecular formula is C17H27ClN2O. The van der Waals surface area contributed by atoms with Gasteiger partial charge >= 0.3 is 0 Å². The summed E-state index contributed by atoms with van der Waals surface area (Å²) in [6.07, 6.45) is 6.75. The molecule has 1 aliphatic rings. The van der Waals surface area contributed by atoms with Crippen LogP contribution in [0.3, 0.4) is 0 Å².